The second-order valence-corrected chi connectivity index (χ2v) is 9.35. The van der Waals surface area contributed by atoms with Crippen LogP contribution in [0.3, 0.4) is 0 Å². The minimum Gasteiger partial charge on any atom is -0.385 e. The molecule has 0 aliphatic heterocycles. The molecule has 0 saturated carbocycles. The van der Waals surface area contributed by atoms with E-state index in [1.807, 2.05) is 36.4 Å². The first-order chi connectivity index (χ1) is 18.2. The van der Waals surface area contributed by atoms with Crippen molar-refractivity contribution >= 4 is 22.9 Å². The number of rotatable bonds is 9. The molecule has 0 spiro atoms. The molecule has 5 nitrogen and oxygen atoms in total. The number of hydrogen-bond donors (Lipinski definition) is 2. The molecule has 1 aliphatic rings. The van der Waals surface area contributed by atoms with Gasteiger partial charge in [0.25, 0.3) is 5.91 Å². The smallest absolute Gasteiger partial charge is 0.385 e. The molecule has 2 N–H and O–H groups in total. The van der Waals surface area contributed by atoms with Gasteiger partial charge in [-0.15, -0.1) is 0 Å². The van der Waals surface area contributed by atoms with Crippen molar-refractivity contribution in [2.24, 2.45) is 0 Å². The molecule has 198 valence electrons. The van der Waals surface area contributed by atoms with E-state index in [1.54, 1.807) is 56.4 Å². The third-order valence-corrected chi connectivity index (χ3v) is 6.15. The van der Waals surface area contributed by atoms with Gasteiger partial charge in [-0.05, 0) is 67.5 Å². The summed E-state index contributed by atoms with van der Waals surface area (Å²) in [6.07, 6.45) is -1.15. The van der Waals surface area contributed by atoms with E-state index in [2.05, 4.69) is 15.6 Å². The number of amides is 1. The predicted octanol–water partition coefficient (Wildman–Crippen LogP) is 6.81. The Morgan fingerprint density at radius 3 is 2.32 bits per heavy atom. The first kappa shape index (κ1) is 27.1. The summed E-state index contributed by atoms with van der Waals surface area (Å²) in [5, 5.41) is 6.07. The van der Waals surface area contributed by atoms with Gasteiger partial charge in [-0.2, -0.15) is 13.2 Å². The minimum atomic E-state index is -4.70. The van der Waals surface area contributed by atoms with Gasteiger partial charge in [0.2, 0.25) is 0 Å². The van der Waals surface area contributed by atoms with Crippen LogP contribution in [0.25, 0.3) is 5.57 Å². The van der Waals surface area contributed by atoms with E-state index >= 15 is 0 Å². The van der Waals surface area contributed by atoms with Crippen molar-refractivity contribution in [1.29, 1.82) is 0 Å². The van der Waals surface area contributed by atoms with Gasteiger partial charge >= 0.3 is 6.18 Å². The highest BCUT2D eigenvalue weighted by Crippen LogP contribution is 2.45. The van der Waals surface area contributed by atoms with Gasteiger partial charge < -0.3 is 15.4 Å². The molecular formula is C30H30F3N3O2. The number of alkyl halides is 3. The van der Waals surface area contributed by atoms with Gasteiger partial charge in [0.05, 0.1) is 6.10 Å². The van der Waals surface area contributed by atoms with Crippen molar-refractivity contribution in [2.75, 3.05) is 17.2 Å². The maximum absolute atomic E-state index is 14.3. The van der Waals surface area contributed by atoms with Crippen molar-refractivity contribution in [3.05, 3.63) is 108 Å². The highest BCUT2D eigenvalue weighted by atomic mass is 19.4. The molecule has 1 heterocycles. The Morgan fingerprint density at radius 2 is 1.68 bits per heavy atom. The van der Waals surface area contributed by atoms with Crippen LogP contribution in [0.5, 0.6) is 0 Å². The van der Waals surface area contributed by atoms with Crippen molar-refractivity contribution in [3.63, 3.8) is 0 Å². The SMILES string of the molecule is CC(C)OC1(C(F)(F)F)C=CC(c2ccccc2)=C(C(=O)Nc2ccc(NCCc3ccccn3)cc2)C1. The fourth-order valence-electron chi connectivity index (χ4n) is 4.35. The van der Waals surface area contributed by atoms with Crippen LogP contribution in [0, 0.1) is 0 Å². The molecule has 1 atom stereocenters. The van der Waals surface area contributed by atoms with Crippen molar-refractivity contribution in [1.82, 2.24) is 4.98 Å². The summed E-state index contributed by atoms with van der Waals surface area (Å²) in [6.45, 7) is 3.77. The minimum absolute atomic E-state index is 0.00855. The van der Waals surface area contributed by atoms with Crippen LogP contribution in [0.1, 0.15) is 31.5 Å². The summed E-state index contributed by atoms with van der Waals surface area (Å²) in [7, 11) is 0. The Kier molecular flexibility index (Phi) is 8.32. The summed E-state index contributed by atoms with van der Waals surface area (Å²) in [5.74, 6) is -0.606. The number of carbonyl (C=O) groups is 1. The zero-order valence-corrected chi connectivity index (χ0v) is 21.3. The van der Waals surface area contributed by atoms with E-state index in [-0.39, 0.29) is 5.57 Å². The highest BCUT2D eigenvalue weighted by Gasteiger charge is 2.57. The van der Waals surface area contributed by atoms with Crippen LogP contribution >= 0.6 is 0 Å². The number of nitrogens with zero attached hydrogens (tertiary/aromatic N) is 1. The summed E-state index contributed by atoms with van der Waals surface area (Å²) >= 11 is 0. The molecule has 38 heavy (non-hydrogen) atoms. The molecule has 0 bridgehead atoms. The number of allylic oxidation sites excluding steroid dienone is 2. The van der Waals surface area contributed by atoms with E-state index in [9.17, 15) is 18.0 Å². The second-order valence-electron chi connectivity index (χ2n) is 9.35. The topological polar surface area (TPSA) is 63.2 Å². The Morgan fingerprint density at radius 1 is 1.00 bits per heavy atom. The van der Waals surface area contributed by atoms with Gasteiger partial charge in [-0.1, -0.05) is 42.5 Å². The molecule has 1 aliphatic carbocycles. The Labute approximate surface area is 220 Å². The second kappa shape index (κ2) is 11.6. The van der Waals surface area contributed by atoms with Crippen molar-refractivity contribution in [2.45, 2.75) is 44.6 Å². The first-order valence-electron chi connectivity index (χ1n) is 12.4. The molecular weight excluding hydrogens is 491 g/mol. The van der Waals surface area contributed by atoms with E-state index in [0.717, 1.165) is 23.9 Å². The summed E-state index contributed by atoms with van der Waals surface area (Å²) in [5.41, 5.74) is 0.809. The van der Waals surface area contributed by atoms with Crippen LogP contribution in [0.15, 0.2) is 96.7 Å². The zero-order valence-electron chi connectivity index (χ0n) is 21.3. The average Bonchev–Trinajstić information content (AvgIpc) is 2.90. The Bertz CT molecular complexity index is 1290. The van der Waals surface area contributed by atoms with Crippen molar-refractivity contribution < 1.29 is 22.7 Å². The Balaban J connectivity index is 1.53. The fourth-order valence-corrected chi connectivity index (χ4v) is 4.35. The summed E-state index contributed by atoms with van der Waals surface area (Å²) < 4.78 is 48.2. The largest absolute Gasteiger partial charge is 0.421 e. The third-order valence-electron chi connectivity index (χ3n) is 6.15. The van der Waals surface area contributed by atoms with Gasteiger partial charge in [0.1, 0.15) is 0 Å². The number of benzene rings is 2. The van der Waals surface area contributed by atoms with Crippen LogP contribution in [-0.4, -0.2) is 35.3 Å². The monoisotopic (exact) mass is 521 g/mol. The summed E-state index contributed by atoms with van der Waals surface area (Å²) in [6, 6.07) is 21.7. The Hall–Kier alpha value is -3.91. The fraction of sp³-hybridized carbons (Fsp3) is 0.267. The molecule has 1 unspecified atom stereocenters. The van der Waals surface area contributed by atoms with Gasteiger partial charge in [-0.25, -0.2) is 0 Å². The lowest BCUT2D eigenvalue weighted by molar-refractivity contribution is -0.266. The molecule has 2 aromatic carbocycles. The van der Waals surface area contributed by atoms with Gasteiger partial charge in [0, 0.05) is 48.2 Å². The maximum atomic E-state index is 14.3. The van der Waals surface area contributed by atoms with Crippen LogP contribution in [0.4, 0.5) is 24.5 Å². The average molecular weight is 522 g/mol. The van der Waals surface area contributed by atoms with Crippen molar-refractivity contribution in [3.8, 4) is 0 Å². The number of carbonyl (C=O) groups excluding carboxylic acids is 1. The van der Waals surface area contributed by atoms with Gasteiger partial charge in [0.15, 0.2) is 5.60 Å². The molecule has 1 amide bonds. The zero-order chi connectivity index (χ0) is 27.2. The standard InChI is InChI=1S/C30H30F3N3O2/c1-21(2)38-29(30(31,32)33)17-15-26(22-8-4-3-5-9-22)27(20-29)28(37)36-25-13-11-24(12-14-25)35-19-16-23-10-6-7-18-34-23/h3-15,17-18,21,35H,16,19-20H2,1-2H3,(H,36,37). The number of anilines is 2. The van der Waals surface area contributed by atoms with Crippen LogP contribution in [-0.2, 0) is 16.0 Å². The quantitative estimate of drug-likeness (QED) is 0.325. The molecule has 8 heteroatoms. The highest BCUT2D eigenvalue weighted by molar-refractivity contribution is 6.10. The van der Waals surface area contributed by atoms with E-state index < -0.39 is 30.2 Å². The lowest BCUT2D eigenvalue weighted by atomic mass is 9.82. The summed E-state index contributed by atoms with van der Waals surface area (Å²) in [4.78, 5) is 17.7. The van der Waals surface area contributed by atoms with Crippen LogP contribution < -0.4 is 10.6 Å². The normalized spacial score (nSPS) is 17.5. The number of pyridine rings is 1. The number of ether oxygens (including phenoxy) is 1. The van der Waals surface area contributed by atoms with Crippen LogP contribution in [0.2, 0.25) is 0 Å². The number of halogens is 3. The molecule has 0 radical (unpaired) electrons. The van der Waals surface area contributed by atoms with E-state index in [1.165, 1.54) is 6.08 Å². The first-order valence-corrected chi connectivity index (χ1v) is 12.4. The predicted molar refractivity (Wildman–Crippen MR) is 144 cm³/mol. The number of nitrogens with one attached hydrogen (secondary N) is 2. The van der Waals surface area contributed by atoms with Gasteiger partial charge in [-0.3, -0.25) is 9.78 Å². The number of hydrogen-bond acceptors (Lipinski definition) is 4. The molecule has 0 saturated heterocycles. The van der Waals surface area contributed by atoms with E-state index in [4.69, 9.17) is 4.74 Å². The maximum Gasteiger partial charge on any atom is 0.421 e. The molecule has 0 fully saturated rings. The third kappa shape index (κ3) is 6.50. The molecule has 3 aromatic rings. The lowest BCUT2D eigenvalue weighted by Gasteiger charge is -2.38. The van der Waals surface area contributed by atoms with E-state index in [0.29, 0.717) is 23.4 Å². The number of aromatic nitrogens is 1. The molecule has 4 rings (SSSR count). The lowest BCUT2D eigenvalue weighted by Crippen LogP contribution is -2.49. The molecule has 1 aromatic heterocycles.